The number of fused-ring (bicyclic) bond motifs is 2. The number of benzene rings is 2. The highest BCUT2D eigenvalue weighted by molar-refractivity contribution is 5.92. The second-order valence-corrected chi connectivity index (χ2v) is 11.1. The molecule has 0 saturated heterocycles. The number of hydrogen-bond donors (Lipinski definition) is 0. The van der Waals surface area contributed by atoms with Crippen molar-refractivity contribution >= 4 is 17.5 Å². The van der Waals surface area contributed by atoms with Crippen LogP contribution in [-0.4, -0.2) is 86.5 Å². The van der Waals surface area contributed by atoms with Gasteiger partial charge in [-0.05, 0) is 60.2 Å². The molecule has 2 aromatic carbocycles. The third-order valence-corrected chi connectivity index (χ3v) is 7.70. The van der Waals surface area contributed by atoms with Crippen LogP contribution in [0, 0.1) is 5.92 Å². The minimum atomic E-state index is 0.0361. The smallest absolute Gasteiger partial charge is 0.237 e. The van der Waals surface area contributed by atoms with Gasteiger partial charge in [0, 0.05) is 58.4 Å². The minimum Gasteiger partial charge on any atom is -0.493 e. The van der Waals surface area contributed by atoms with Gasteiger partial charge in [0.25, 0.3) is 0 Å². The summed E-state index contributed by atoms with van der Waals surface area (Å²) in [5, 5.41) is 0. The lowest BCUT2D eigenvalue weighted by atomic mass is 9.98. The molecule has 2 amide bonds. The van der Waals surface area contributed by atoms with Gasteiger partial charge in [-0.25, -0.2) is 0 Å². The van der Waals surface area contributed by atoms with Crippen molar-refractivity contribution in [2.75, 3.05) is 64.9 Å². The first kappa shape index (κ1) is 28.9. The van der Waals surface area contributed by atoms with Crippen molar-refractivity contribution in [3.8, 4) is 11.5 Å². The number of ether oxygens (including phenoxy) is 2. The van der Waals surface area contributed by atoms with Crippen molar-refractivity contribution in [1.29, 1.82) is 0 Å². The lowest BCUT2D eigenvalue weighted by Crippen LogP contribution is -2.45. The Morgan fingerprint density at radius 2 is 1.56 bits per heavy atom. The molecule has 0 aromatic heterocycles. The number of carbonyl (C=O) groups excluding carboxylic acids is 2. The summed E-state index contributed by atoms with van der Waals surface area (Å²) < 4.78 is 11.0. The summed E-state index contributed by atoms with van der Waals surface area (Å²) in [6.45, 7) is 12.5. The lowest BCUT2D eigenvalue weighted by molar-refractivity contribution is -0.133. The Kier molecular flexibility index (Phi) is 9.86. The standard InChI is InChI=1S/C31H44N4O4/c1-23(2)19-32-12-8-13-35(24(3)36)28-10-7-6-9-26(28)21-34(16-15-32)31(37)22-33-14-11-25-17-29(38-4)30(39-5)18-27(25)20-33/h6-7,9-10,17-18,23H,8,11-16,19-22H2,1-5H3. The molecule has 212 valence electrons. The predicted molar refractivity (Wildman–Crippen MR) is 154 cm³/mol. The topological polar surface area (TPSA) is 65.6 Å². The summed E-state index contributed by atoms with van der Waals surface area (Å²) >= 11 is 0. The Morgan fingerprint density at radius 1 is 0.846 bits per heavy atom. The van der Waals surface area contributed by atoms with Gasteiger partial charge in [-0.15, -0.1) is 0 Å². The van der Waals surface area contributed by atoms with Crippen LogP contribution in [0.15, 0.2) is 36.4 Å². The number of carbonyl (C=O) groups is 2. The maximum Gasteiger partial charge on any atom is 0.237 e. The number of methoxy groups -OCH3 is 2. The van der Waals surface area contributed by atoms with Gasteiger partial charge in [0.15, 0.2) is 11.5 Å². The number of amides is 2. The fourth-order valence-electron chi connectivity index (χ4n) is 5.75. The van der Waals surface area contributed by atoms with E-state index in [-0.39, 0.29) is 11.8 Å². The first-order chi connectivity index (χ1) is 18.8. The minimum absolute atomic E-state index is 0.0361. The number of para-hydroxylation sites is 1. The normalized spacial score (nSPS) is 17.3. The summed E-state index contributed by atoms with van der Waals surface area (Å²) in [7, 11) is 3.31. The zero-order valence-corrected chi connectivity index (χ0v) is 24.2. The third-order valence-electron chi connectivity index (χ3n) is 7.70. The molecule has 2 aliphatic heterocycles. The molecule has 2 aliphatic rings. The summed E-state index contributed by atoms with van der Waals surface area (Å²) in [4.78, 5) is 35.0. The Hall–Kier alpha value is -3.10. The van der Waals surface area contributed by atoms with Crippen LogP contribution in [0.1, 0.15) is 43.9 Å². The fraction of sp³-hybridized carbons (Fsp3) is 0.548. The molecule has 0 saturated carbocycles. The maximum atomic E-state index is 13.8. The second-order valence-electron chi connectivity index (χ2n) is 11.1. The van der Waals surface area contributed by atoms with Crippen LogP contribution in [0.3, 0.4) is 0 Å². The second kappa shape index (κ2) is 13.3. The van der Waals surface area contributed by atoms with Crippen LogP contribution in [0.25, 0.3) is 0 Å². The molecule has 8 heteroatoms. The van der Waals surface area contributed by atoms with E-state index in [0.717, 1.165) is 56.0 Å². The van der Waals surface area contributed by atoms with Crippen LogP contribution in [0.4, 0.5) is 5.69 Å². The van der Waals surface area contributed by atoms with E-state index in [1.54, 1.807) is 21.1 Å². The van der Waals surface area contributed by atoms with Gasteiger partial charge in [0.05, 0.1) is 20.8 Å². The quantitative estimate of drug-likeness (QED) is 0.560. The van der Waals surface area contributed by atoms with E-state index in [1.807, 2.05) is 40.1 Å². The van der Waals surface area contributed by atoms with Crippen molar-refractivity contribution in [1.82, 2.24) is 14.7 Å². The molecule has 0 bridgehead atoms. The number of rotatable bonds is 6. The van der Waals surface area contributed by atoms with E-state index in [9.17, 15) is 9.59 Å². The number of hydrogen-bond acceptors (Lipinski definition) is 6. The SMILES string of the molecule is COc1cc2c(cc1OC)CN(CC(=O)N1CCN(CC(C)C)CCCN(C(C)=O)c3ccccc3C1)CC2. The molecule has 0 atom stereocenters. The van der Waals surface area contributed by atoms with Crippen molar-refractivity contribution < 1.29 is 19.1 Å². The predicted octanol–water partition coefficient (Wildman–Crippen LogP) is 3.81. The summed E-state index contributed by atoms with van der Waals surface area (Å²) in [6, 6.07) is 12.1. The van der Waals surface area contributed by atoms with Gasteiger partial charge in [0.1, 0.15) is 0 Å². The monoisotopic (exact) mass is 536 g/mol. The highest BCUT2D eigenvalue weighted by Crippen LogP contribution is 2.33. The number of anilines is 1. The molecule has 0 unspecified atom stereocenters. The highest BCUT2D eigenvalue weighted by Gasteiger charge is 2.26. The molecule has 0 radical (unpaired) electrons. The largest absolute Gasteiger partial charge is 0.493 e. The van der Waals surface area contributed by atoms with E-state index >= 15 is 0 Å². The highest BCUT2D eigenvalue weighted by atomic mass is 16.5. The van der Waals surface area contributed by atoms with E-state index in [1.165, 1.54) is 11.1 Å². The van der Waals surface area contributed by atoms with Crippen molar-refractivity contribution in [2.45, 2.75) is 46.7 Å². The van der Waals surface area contributed by atoms with Gasteiger partial charge in [0.2, 0.25) is 11.8 Å². The molecule has 0 aliphatic carbocycles. The van der Waals surface area contributed by atoms with Crippen molar-refractivity contribution in [3.63, 3.8) is 0 Å². The fourth-order valence-corrected chi connectivity index (χ4v) is 5.75. The van der Waals surface area contributed by atoms with Gasteiger partial charge < -0.3 is 24.2 Å². The summed E-state index contributed by atoms with van der Waals surface area (Å²) in [6.07, 6.45) is 1.76. The van der Waals surface area contributed by atoms with E-state index in [4.69, 9.17) is 9.47 Å². The van der Waals surface area contributed by atoms with Crippen LogP contribution < -0.4 is 14.4 Å². The Balaban J connectivity index is 1.55. The maximum absolute atomic E-state index is 13.8. The average molecular weight is 537 g/mol. The van der Waals surface area contributed by atoms with Crippen LogP contribution >= 0.6 is 0 Å². The molecular weight excluding hydrogens is 492 g/mol. The molecule has 0 N–H and O–H groups in total. The third kappa shape index (κ3) is 7.31. The molecule has 4 rings (SSSR count). The van der Waals surface area contributed by atoms with Crippen LogP contribution in [-0.2, 0) is 29.1 Å². The molecular formula is C31H44N4O4. The Morgan fingerprint density at radius 3 is 2.26 bits per heavy atom. The van der Waals surface area contributed by atoms with Gasteiger partial charge in [-0.3, -0.25) is 14.5 Å². The summed E-state index contributed by atoms with van der Waals surface area (Å²) in [5.41, 5.74) is 4.34. The zero-order valence-electron chi connectivity index (χ0n) is 24.2. The lowest BCUT2D eigenvalue weighted by Gasteiger charge is -2.33. The van der Waals surface area contributed by atoms with Crippen LogP contribution in [0.2, 0.25) is 0 Å². The first-order valence-corrected chi connectivity index (χ1v) is 14.1. The van der Waals surface area contributed by atoms with Gasteiger partial charge in [-0.1, -0.05) is 32.0 Å². The molecule has 2 aromatic rings. The number of nitrogens with zero attached hydrogens (tertiary/aromatic N) is 4. The average Bonchev–Trinajstić information content (AvgIpc) is 2.95. The molecule has 39 heavy (non-hydrogen) atoms. The Labute approximate surface area is 233 Å². The first-order valence-electron chi connectivity index (χ1n) is 14.1. The molecule has 8 nitrogen and oxygen atoms in total. The molecule has 0 spiro atoms. The van der Waals surface area contributed by atoms with E-state index in [2.05, 4.69) is 29.7 Å². The molecule has 0 fully saturated rings. The van der Waals surface area contributed by atoms with Crippen molar-refractivity contribution in [3.05, 3.63) is 53.1 Å². The zero-order chi connectivity index (χ0) is 27.9. The van der Waals surface area contributed by atoms with E-state index in [0.29, 0.717) is 44.4 Å². The van der Waals surface area contributed by atoms with Gasteiger partial charge in [-0.2, -0.15) is 0 Å². The van der Waals surface area contributed by atoms with Gasteiger partial charge >= 0.3 is 0 Å². The molecule has 2 heterocycles. The van der Waals surface area contributed by atoms with E-state index < -0.39 is 0 Å². The van der Waals surface area contributed by atoms with Crippen LogP contribution in [0.5, 0.6) is 11.5 Å². The Bertz CT molecular complexity index is 1150. The van der Waals surface area contributed by atoms with Crippen molar-refractivity contribution in [2.24, 2.45) is 5.92 Å². The summed E-state index contributed by atoms with van der Waals surface area (Å²) in [5.74, 6) is 2.15.